The summed E-state index contributed by atoms with van der Waals surface area (Å²) in [6.45, 7) is 8.26. The van der Waals surface area contributed by atoms with E-state index >= 15 is 0 Å². The highest BCUT2D eigenvalue weighted by molar-refractivity contribution is 6.02. The van der Waals surface area contributed by atoms with Gasteiger partial charge in [-0.3, -0.25) is 4.79 Å². The average Bonchev–Trinajstić information content (AvgIpc) is 2.95. The van der Waals surface area contributed by atoms with Gasteiger partial charge in [-0.2, -0.15) is 0 Å². The van der Waals surface area contributed by atoms with Crippen LogP contribution in [-0.4, -0.2) is 28.4 Å². The standard InChI is InChI=1S/C21H28O5/c1-11(2)15-17(23)16-12(18-19(15)26-10-25-18)9-21(24)7-5-6-20(3,4)14(21)8-13(16)22/h11,14,23-24H,5-10H2,1-4H3/t14-,21-/m0/s1. The highest BCUT2D eigenvalue weighted by Gasteiger charge is 2.52. The maximum absolute atomic E-state index is 13.2. The van der Waals surface area contributed by atoms with Crippen LogP contribution in [0.25, 0.3) is 0 Å². The van der Waals surface area contributed by atoms with E-state index < -0.39 is 5.60 Å². The molecule has 2 atom stereocenters. The first kappa shape index (κ1) is 17.7. The van der Waals surface area contributed by atoms with Crippen LogP contribution in [0.2, 0.25) is 0 Å². The van der Waals surface area contributed by atoms with Crippen molar-refractivity contribution < 1.29 is 24.5 Å². The third kappa shape index (κ3) is 2.36. The van der Waals surface area contributed by atoms with E-state index in [1.54, 1.807) is 0 Å². The third-order valence-electron chi connectivity index (χ3n) is 6.68. The van der Waals surface area contributed by atoms with Gasteiger partial charge in [0.25, 0.3) is 0 Å². The summed E-state index contributed by atoms with van der Waals surface area (Å²) in [7, 11) is 0. The monoisotopic (exact) mass is 360 g/mol. The van der Waals surface area contributed by atoms with Crippen molar-refractivity contribution in [3.8, 4) is 17.2 Å². The Morgan fingerprint density at radius 3 is 2.54 bits per heavy atom. The number of carbonyl (C=O) groups excluding carboxylic acids is 1. The molecule has 2 aliphatic carbocycles. The van der Waals surface area contributed by atoms with Crippen molar-refractivity contribution in [2.24, 2.45) is 11.3 Å². The molecular formula is C21H28O5. The molecule has 0 bridgehead atoms. The van der Waals surface area contributed by atoms with E-state index in [9.17, 15) is 15.0 Å². The van der Waals surface area contributed by atoms with Gasteiger partial charge in [-0.05, 0) is 24.2 Å². The zero-order valence-corrected chi connectivity index (χ0v) is 16.0. The number of ether oxygens (including phenoxy) is 2. The molecule has 5 heteroatoms. The lowest BCUT2D eigenvalue weighted by molar-refractivity contribution is -0.0994. The Balaban J connectivity index is 1.95. The normalized spacial score (nSPS) is 29.3. The predicted molar refractivity (Wildman–Crippen MR) is 97.0 cm³/mol. The van der Waals surface area contributed by atoms with Gasteiger partial charge in [0.15, 0.2) is 17.3 Å². The Morgan fingerprint density at radius 1 is 1.15 bits per heavy atom. The van der Waals surface area contributed by atoms with E-state index in [2.05, 4.69) is 13.8 Å². The topological polar surface area (TPSA) is 76.0 Å². The number of aliphatic hydroxyl groups is 1. The number of fused-ring (bicyclic) bond motifs is 4. The summed E-state index contributed by atoms with van der Waals surface area (Å²) in [5.41, 5.74) is 0.486. The molecule has 0 aromatic heterocycles. The number of benzene rings is 1. The van der Waals surface area contributed by atoms with Gasteiger partial charge in [0.2, 0.25) is 6.79 Å². The lowest BCUT2D eigenvalue weighted by Crippen LogP contribution is -2.50. The van der Waals surface area contributed by atoms with Gasteiger partial charge in [-0.15, -0.1) is 0 Å². The Kier molecular flexibility index (Phi) is 3.82. The molecule has 2 N–H and O–H groups in total. The van der Waals surface area contributed by atoms with Gasteiger partial charge in [0.05, 0.1) is 11.2 Å². The third-order valence-corrected chi connectivity index (χ3v) is 6.68. The molecule has 142 valence electrons. The molecular weight excluding hydrogens is 332 g/mol. The van der Waals surface area contributed by atoms with Gasteiger partial charge >= 0.3 is 0 Å². The van der Waals surface area contributed by atoms with Gasteiger partial charge in [-0.1, -0.05) is 34.1 Å². The summed E-state index contributed by atoms with van der Waals surface area (Å²) in [6.07, 6.45) is 3.15. The van der Waals surface area contributed by atoms with Crippen molar-refractivity contribution in [3.05, 3.63) is 16.7 Å². The molecule has 1 saturated carbocycles. The second kappa shape index (κ2) is 5.62. The molecule has 0 unspecified atom stereocenters. The first-order valence-electron chi connectivity index (χ1n) is 9.58. The fourth-order valence-electron chi connectivity index (χ4n) is 5.40. The van der Waals surface area contributed by atoms with Crippen LogP contribution >= 0.6 is 0 Å². The minimum atomic E-state index is -0.964. The molecule has 4 rings (SSSR count). The van der Waals surface area contributed by atoms with E-state index in [0.717, 1.165) is 12.8 Å². The van der Waals surface area contributed by atoms with E-state index in [1.165, 1.54) is 0 Å². The fraction of sp³-hybridized carbons (Fsp3) is 0.667. The van der Waals surface area contributed by atoms with Crippen LogP contribution in [0.15, 0.2) is 0 Å². The van der Waals surface area contributed by atoms with Crippen LogP contribution in [0.3, 0.4) is 0 Å². The number of hydrogen-bond donors (Lipinski definition) is 2. The largest absolute Gasteiger partial charge is 0.507 e. The molecule has 1 heterocycles. The molecule has 0 saturated heterocycles. The van der Waals surface area contributed by atoms with Crippen molar-refractivity contribution in [3.63, 3.8) is 0 Å². The molecule has 1 aromatic rings. The Labute approximate surface area is 154 Å². The highest BCUT2D eigenvalue weighted by Crippen LogP contribution is 2.56. The Bertz CT molecular complexity index is 779. The van der Waals surface area contributed by atoms with Crippen LogP contribution in [-0.2, 0) is 6.42 Å². The smallest absolute Gasteiger partial charge is 0.231 e. The quantitative estimate of drug-likeness (QED) is 0.793. The molecule has 1 aromatic carbocycles. The minimum absolute atomic E-state index is 0.00398. The van der Waals surface area contributed by atoms with E-state index in [4.69, 9.17) is 9.47 Å². The summed E-state index contributed by atoms with van der Waals surface area (Å²) in [5.74, 6) is 0.823. The second-order valence-electron chi connectivity index (χ2n) is 9.14. The van der Waals surface area contributed by atoms with Crippen LogP contribution in [0.4, 0.5) is 0 Å². The number of rotatable bonds is 1. The number of phenolic OH excluding ortho intramolecular Hbond substituents is 1. The average molecular weight is 360 g/mol. The molecule has 0 radical (unpaired) electrons. The van der Waals surface area contributed by atoms with Crippen LogP contribution in [0.1, 0.15) is 80.8 Å². The van der Waals surface area contributed by atoms with Gasteiger partial charge in [-0.25, -0.2) is 0 Å². The molecule has 3 aliphatic rings. The van der Waals surface area contributed by atoms with Gasteiger partial charge in [0.1, 0.15) is 5.75 Å². The number of ketones is 1. The van der Waals surface area contributed by atoms with E-state index in [1.807, 2.05) is 13.8 Å². The fourth-order valence-corrected chi connectivity index (χ4v) is 5.40. The molecule has 26 heavy (non-hydrogen) atoms. The maximum Gasteiger partial charge on any atom is 0.231 e. The lowest BCUT2D eigenvalue weighted by Gasteiger charge is -2.48. The van der Waals surface area contributed by atoms with E-state index in [-0.39, 0.29) is 42.0 Å². The second-order valence-corrected chi connectivity index (χ2v) is 9.14. The van der Waals surface area contributed by atoms with Crippen molar-refractivity contribution in [1.29, 1.82) is 0 Å². The number of aromatic hydroxyl groups is 1. The summed E-state index contributed by atoms with van der Waals surface area (Å²) in [5, 5.41) is 22.5. The molecule has 0 amide bonds. The summed E-state index contributed by atoms with van der Waals surface area (Å²) < 4.78 is 11.4. The number of hydrogen-bond acceptors (Lipinski definition) is 5. The maximum atomic E-state index is 13.2. The molecule has 1 aliphatic heterocycles. The Hall–Kier alpha value is -1.75. The Morgan fingerprint density at radius 2 is 1.85 bits per heavy atom. The number of carbonyl (C=O) groups is 1. The first-order chi connectivity index (χ1) is 12.2. The van der Waals surface area contributed by atoms with Crippen molar-refractivity contribution in [2.75, 3.05) is 6.79 Å². The van der Waals surface area contributed by atoms with Crippen molar-refractivity contribution >= 4 is 5.78 Å². The lowest BCUT2D eigenvalue weighted by atomic mass is 9.59. The van der Waals surface area contributed by atoms with Crippen molar-refractivity contribution in [1.82, 2.24) is 0 Å². The minimum Gasteiger partial charge on any atom is -0.507 e. The zero-order valence-electron chi connectivity index (χ0n) is 16.0. The predicted octanol–water partition coefficient (Wildman–Crippen LogP) is 3.93. The van der Waals surface area contributed by atoms with Gasteiger partial charge < -0.3 is 19.7 Å². The van der Waals surface area contributed by atoms with Crippen molar-refractivity contribution in [2.45, 2.75) is 71.3 Å². The first-order valence-corrected chi connectivity index (χ1v) is 9.58. The van der Waals surface area contributed by atoms with Crippen LogP contribution < -0.4 is 9.47 Å². The summed E-state index contributed by atoms with van der Waals surface area (Å²) >= 11 is 0. The van der Waals surface area contributed by atoms with E-state index in [0.29, 0.717) is 41.0 Å². The number of phenols is 1. The molecule has 0 spiro atoms. The number of Topliss-reactive ketones (excluding diaryl/α,β-unsaturated/α-hetero) is 1. The molecule has 5 nitrogen and oxygen atoms in total. The highest BCUT2D eigenvalue weighted by atomic mass is 16.7. The zero-order chi connectivity index (χ0) is 18.9. The summed E-state index contributed by atoms with van der Waals surface area (Å²) in [6, 6.07) is 0. The molecule has 1 fully saturated rings. The van der Waals surface area contributed by atoms with Gasteiger partial charge in [0, 0.05) is 29.9 Å². The summed E-state index contributed by atoms with van der Waals surface area (Å²) in [4.78, 5) is 13.2. The SMILES string of the molecule is CC(C)c1c(O)c2c(c3c1OCO3)C[C@@]1(O)CCCC(C)(C)[C@@H]1CC2=O. The van der Waals surface area contributed by atoms with Crippen LogP contribution in [0.5, 0.6) is 17.2 Å². The van der Waals surface area contributed by atoms with Crippen LogP contribution in [0, 0.1) is 11.3 Å².